The van der Waals surface area contributed by atoms with Gasteiger partial charge in [0.25, 0.3) is 0 Å². The number of nitrogens with zero attached hydrogens (tertiary/aromatic N) is 2. The fourth-order valence-corrected chi connectivity index (χ4v) is 2.95. The second-order valence-electron chi connectivity index (χ2n) is 6.65. The second kappa shape index (κ2) is 7.55. The number of benzene rings is 1. The molecule has 2 heterocycles. The first-order valence-electron chi connectivity index (χ1n) is 8.74. The Morgan fingerprint density at radius 2 is 1.88 bits per heavy atom. The van der Waals surface area contributed by atoms with Crippen LogP contribution in [-0.2, 0) is 0 Å². The van der Waals surface area contributed by atoms with Gasteiger partial charge in [-0.25, -0.2) is 9.78 Å². The summed E-state index contributed by atoms with van der Waals surface area (Å²) >= 11 is 0. The first-order valence-corrected chi connectivity index (χ1v) is 8.74. The maximum Gasteiger partial charge on any atom is 0.323 e. The van der Waals surface area contributed by atoms with E-state index >= 15 is 0 Å². The molecule has 0 atom stereocenters. The number of likely N-dealkylation sites (tertiary alicyclic amines) is 1. The number of piperidine rings is 1. The van der Waals surface area contributed by atoms with Crippen LogP contribution in [-0.4, -0.2) is 35.1 Å². The van der Waals surface area contributed by atoms with Crippen molar-refractivity contribution in [2.75, 3.05) is 18.4 Å². The highest BCUT2D eigenvalue weighted by Crippen LogP contribution is 2.22. The number of carbonyl (C=O) groups excluding carboxylic acids is 1. The van der Waals surface area contributed by atoms with Gasteiger partial charge >= 0.3 is 6.03 Å². The van der Waals surface area contributed by atoms with E-state index in [4.69, 9.17) is 4.74 Å². The molecule has 0 aliphatic carbocycles. The van der Waals surface area contributed by atoms with E-state index in [2.05, 4.69) is 36.3 Å². The van der Waals surface area contributed by atoms with Gasteiger partial charge in [0.15, 0.2) is 0 Å². The second-order valence-corrected chi connectivity index (χ2v) is 6.65. The fraction of sp³-hybridized carbons (Fsp3) is 0.400. The number of pyridine rings is 1. The van der Waals surface area contributed by atoms with Crippen LogP contribution in [0.2, 0.25) is 0 Å². The van der Waals surface area contributed by atoms with Crippen LogP contribution in [0.1, 0.15) is 29.5 Å². The quantitative estimate of drug-likeness (QED) is 0.916. The van der Waals surface area contributed by atoms with Crippen LogP contribution in [0.3, 0.4) is 0 Å². The number of nitrogens with one attached hydrogen (secondary N) is 1. The molecule has 132 valence electrons. The monoisotopic (exact) mass is 339 g/mol. The van der Waals surface area contributed by atoms with Crippen LogP contribution in [0.15, 0.2) is 36.5 Å². The summed E-state index contributed by atoms with van der Waals surface area (Å²) in [5.74, 6) is 1.54. The highest BCUT2D eigenvalue weighted by atomic mass is 16.5. The molecule has 2 aromatic rings. The van der Waals surface area contributed by atoms with Crippen molar-refractivity contribution < 1.29 is 9.53 Å². The zero-order chi connectivity index (χ0) is 17.8. The van der Waals surface area contributed by atoms with Gasteiger partial charge in [0.05, 0.1) is 0 Å². The van der Waals surface area contributed by atoms with E-state index < -0.39 is 0 Å². The topological polar surface area (TPSA) is 54.5 Å². The lowest BCUT2D eigenvalue weighted by Crippen LogP contribution is -2.44. The number of aromatic nitrogens is 1. The van der Waals surface area contributed by atoms with E-state index in [-0.39, 0.29) is 12.1 Å². The molecule has 5 heteroatoms. The Morgan fingerprint density at radius 3 is 2.56 bits per heavy atom. The number of amides is 2. The summed E-state index contributed by atoms with van der Waals surface area (Å²) in [6.45, 7) is 7.50. The lowest BCUT2D eigenvalue weighted by molar-refractivity contribution is 0.115. The van der Waals surface area contributed by atoms with E-state index in [1.165, 1.54) is 11.1 Å². The maximum atomic E-state index is 12.4. The average Bonchev–Trinajstić information content (AvgIpc) is 2.61. The van der Waals surface area contributed by atoms with Crippen LogP contribution in [0.4, 0.5) is 10.6 Å². The summed E-state index contributed by atoms with van der Waals surface area (Å²) in [5, 5.41) is 2.89. The van der Waals surface area contributed by atoms with Crippen molar-refractivity contribution in [2.24, 2.45) is 0 Å². The number of aryl methyl sites for hydroxylation is 3. The molecule has 1 aromatic carbocycles. The molecule has 1 aliphatic rings. The summed E-state index contributed by atoms with van der Waals surface area (Å²) < 4.78 is 6.09. The van der Waals surface area contributed by atoms with E-state index in [1.54, 1.807) is 6.20 Å². The number of anilines is 1. The SMILES string of the molecule is Cc1ccc(OC2CCN(C(=O)Nc3ncccc3C)CC2)cc1C. The molecule has 1 N–H and O–H groups in total. The van der Waals surface area contributed by atoms with Gasteiger partial charge in [-0.3, -0.25) is 5.32 Å². The third-order valence-corrected chi connectivity index (χ3v) is 4.75. The van der Waals surface area contributed by atoms with Crippen LogP contribution >= 0.6 is 0 Å². The van der Waals surface area contributed by atoms with Crippen molar-refractivity contribution >= 4 is 11.8 Å². The zero-order valence-electron chi connectivity index (χ0n) is 15.1. The molecule has 5 nitrogen and oxygen atoms in total. The van der Waals surface area contributed by atoms with Gasteiger partial charge in [0.1, 0.15) is 17.7 Å². The van der Waals surface area contributed by atoms with Crippen molar-refractivity contribution in [3.63, 3.8) is 0 Å². The van der Waals surface area contributed by atoms with Crippen molar-refractivity contribution in [2.45, 2.75) is 39.7 Å². The summed E-state index contributed by atoms with van der Waals surface area (Å²) in [4.78, 5) is 18.4. The highest BCUT2D eigenvalue weighted by molar-refractivity contribution is 5.89. The van der Waals surface area contributed by atoms with Crippen molar-refractivity contribution in [3.05, 3.63) is 53.2 Å². The van der Waals surface area contributed by atoms with Gasteiger partial charge in [0, 0.05) is 32.1 Å². The molecule has 0 radical (unpaired) electrons. The molecule has 25 heavy (non-hydrogen) atoms. The Bertz CT molecular complexity index is 752. The number of ether oxygens (including phenoxy) is 1. The van der Waals surface area contributed by atoms with Crippen LogP contribution < -0.4 is 10.1 Å². The minimum Gasteiger partial charge on any atom is -0.490 e. The molecule has 1 saturated heterocycles. The lowest BCUT2D eigenvalue weighted by Gasteiger charge is -2.32. The highest BCUT2D eigenvalue weighted by Gasteiger charge is 2.24. The smallest absolute Gasteiger partial charge is 0.323 e. The van der Waals surface area contributed by atoms with Crippen molar-refractivity contribution in [1.82, 2.24) is 9.88 Å². The Morgan fingerprint density at radius 1 is 1.12 bits per heavy atom. The lowest BCUT2D eigenvalue weighted by atomic mass is 10.1. The molecule has 0 unspecified atom stereocenters. The number of rotatable bonds is 3. The number of carbonyl (C=O) groups is 1. The van der Waals surface area contributed by atoms with E-state index in [9.17, 15) is 4.79 Å². The Kier molecular flexibility index (Phi) is 5.22. The van der Waals surface area contributed by atoms with Crippen LogP contribution in [0.25, 0.3) is 0 Å². The minimum absolute atomic E-state index is 0.0913. The Hall–Kier alpha value is -2.56. The predicted octanol–water partition coefficient (Wildman–Crippen LogP) is 4.08. The number of urea groups is 1. The predicted molar refractivity (Wildman–Crippen MR) is 99.1 cm³/mol. The third kappa shape index (κ3) is 4.29. The molecular weight excluding hydrogens is 314 g/mol. The van der Waals surface area contributed by atoms with Gasteiger partial charge < -0.3 is 9.64 Å². The number of hydrogen-bond donors (Lipinski definition) is 1. The molecule has 0 saturated carbocycles. The molecular formula is C20H25N3O2. The van der Waals surface area contributed by atoms with Gasteiger partial charge in [-0.05, 0) is 55.7 Å². The summed E-state index contributed by atoms with van der Waals surface area (Å²) in [6.07, 6.45) is 3.51. The summed E-state index contributed by atoms with van der Waals surface area (Å²) in [7, 11) is 0. The van der Waals surface area contributed by atoms with Gasteiger partial charge in [-0.15, -0.1) is 0 Å². The first kappa shape index (κ1) is 17.3. The van der Waals surface area contributed by atoms with E-state index in [0.29, 0.717) is 18.9 Å². The van der Waals surface area contributed by atoms with Crippen LogP contribution in [0.5, 0.6) is 5.75 Å². The normalized spacial score (nSPS) is 15.1. The zero-order valence-corrected chi connectivity index (χ0v) is 15.1. The van der Waals surface area contributed by atoms with Crippen LogP contribution in [0, 0.1) is 20.8 Å². The average molecular weight is 339 g/mol. The standard InChI is InChI=1S/C20H25N3O2/c1-14-6-7-18(13-16(14)3)25-17-8-11-23(12-9-17)20(24)22-19-15(2)5-4-10-21-19/h4-7,10,13,17H,8-9,11-12H2,1-3H3,(H,21,22,24). The largest absolute Gasteiger partial charge is 0.490 e. The molecule has 3 rings (SSSR count). The first-order chi connectivity index (χ1) is 12.0. The molecule has 0 spiro atoms. The molecule has 1 aromatic heterocycles. The summed E-state index contributed by atoms with van der Waals surface area (Å²) in [5.41, 5.74) is 3.47. The maximum absolute atomic E-state index is 12.4. The summed E-state index contributed by atoms with van der Waals surface area (Å²) in [6, 6.07) is 9.89. The van der Waals surface area contributed by atoms with E-state index in [0.717, 1.165) is 24.2 Å². The fourth-order valence-electron chi connectivity index (χ4n) is 2.95. The van der Waals surface area contributed by atoms with E-state index in [1.807, 2.05) is 30.0 Å². The Balaban J connectivity index is 1.52. The van der Waals surface area contributed by atoms with Gasteiger partial charge in [0.2, 0.25) is 0 Å². The third-order valence-electron chi connectivity index (χ3n) is 4.75. The number of hydrogen-bond acceptors (Lipinski definition) is 3. The van der Waals surface area contributed by atoms with Crippen molar-refractivity contribution in [3.8, 4) is 5.75 Å². The van der Waals surface area contributed by atoms with Crippen molar-refractivity contribution in [1.29, 1.82) is 0 Å². The minimum atomic E-state index is -0.0913. The molecule has 2 amide bonds. The Labute approximate surface area is 149 Å². The molecule has 1 fully saturated rings. The van der Waals surface area contributed by atoms with Gasteiger partial charge in [-0.2, -0.15) is 0 Å². The van der Waals surface area contributed by atoms with Gasteiger partial charge in [-0.1, -0.05) is 12.1 Å². The molecule has 1 aliphatic heterocycles. The molecule has 0 bridgehead atoms.